The lowest BCUT2D eigenvalue weighted by Gasteiger charge is -2.29. The number of hydrogen-bond donors (Lipinski definition) is 0. The Morgan fingerprint density at radius 3 is 2.49 bits per heavy atom. The van der Waals surface area contributed by atoms with Gasteiger partial charge < -0.3 is 19.1 Å². The van der Waals surface area contributed by atoms with Crippen molar-refractivity contribution in [3.05, 3.63) is 93.7 Å². The largest absolute Gasteiger partial charge is 0.385 e. The number of halogens is 2. The van der Waals surface area contributed by atoms with Crippen molar-refractivity contribution in [1.29, 1.82) is 0 Å². The Morgan fingerprint density at radius 1 is 1.00 bits per heavy atom. The molecule has 2 amide bonds. The van der Waals surface area contributed by atoms with Crippen LogP contribution in [0.1, 0.15) is 41.9 Å². The summed E-state index contributed by atoms with van der Waals surface area (Å²) in [4.78, 5) is 30.4. The number of aromatic nitrogens is 1. The molecule has 0 spiro atoms. The molecule has 0 aliphatic carbocycles. The van der Waals surface area contributed by atoms with Crippen molar-refractivity contribution in [3.8, 4) is 0 Å². The second-order valence-corrected chi connectivity index (χ2v) is 10.3. The number of ether oxygens (including phenoxy) is 1. The second kappa shape index (κ2) is 14.2. The van der Waals surface area contributed by atoms with Crippen molar-refractivity contribution in [3.63, 3.8) is 0 Å². The van der Waals surface area contributed by atoms with Crippen LogP contribution in [-0.4, -0.2) is 59.5 Å². The van der Waals surface area contributed by atoms with Gasteiger partial charge in [-0.25, -0.2) is 0 Å². The molecule has 0 aliphatic heterocycles. The van der Waals surface area contributed by atoms with Crippen LogP contribution in [-0.2, 0) is 22.6 Å². The molecule has 1 heterocycles. The van der Waals surface area contributed by atoms with E-state index in [1.54, 1.807) is 36.3 Å². The SMILES string of the molecule is COCCCN(CC(=O)N(Cc1cccn1Cc1ccccc1Cl)CC(C)C)C(=O)c1cccc(Cl)c1. The molecule has 2 aromatic carbocycles. The van der Waals surface area contributed by atoms with Crippen LogP contribution in [0.3, 0.4) is 0 Å². The maximum Gasteiger partial charge on any atom is 0.254 e. The smallest absolute Gasteiger partial charge is 0.254 e. The molecule has 0 bridgehead atoms. The zero-order valence-electron chi connectivity index (χ0n) is 21.7. The van der Waals surface area contributed by atoms with E-state index in [4.69, 9.17) is 27.9 Å². The average Bonchev–Trinajstić information content (AvgIpc) is 3.30. The monoisotopic (exact) mass is 543 g/mol. The van der Waals surface area contributed by atoms with Gasteiger partial charge in [-0.05, 0) is 54.3 Å². The maximum atomic E-state index is 13.6. The van der Waals surface area contributed by atoms with Crippen molar-refractivity contribution in [2.45, 2.75) is 33.4 Å². The molecular formula is C29H35Cl2N3O3. The highest BCUT2D eigenvalue weighted by atomic mass is 35.5. The van der Waals surface area contributed by atoms with Crippen LogP contribution in [0.5, 0.6) is 0 Å². The number of hydrogen-bond acceptors (Lipinski definition) is 3. The number of rotatable bonds is 13. The minimum atomic E-state index is -0.224. The molecule has 198 valence electrons. The maximum absolute atomic E-state index is 13.6. The van der Waals surface area contributed by atoms with E-state index in [1.807, 2.05) is 47.5 Å². The molecule has 0 unspecified atom stereocenters. The van der Waals surface area contributed by atoms with Gasteiger partial charge in [0.15, 0.2) is 0 Å². The second-order valence-electron chi connectivity index (χ2n) is 9.47. The normalized spacial score (nSPS) is 11.1. The molecule has 0 saturated heterocycles. The van der Waals surface area contributed by atoms with Gasteiger partial charge in [0.05, 0.1) is 6.54 Å². The molecular weight excluding hydrogens is 509 g/mol. The van der Waals surface area contributed by atoms with E-state index in [0.29, 0.717) is 54.8 Å². The van der Waals surface area contributed by atoms with Gasteiger partial charge in [0.1, 0.15) is 6.54 Å². The predicted molar refractivity (Wildman–Crippen MR) is 149 cm³/mol. The first-order valence-corrected chi connectivity index (χ1v) is 13.2. The minimum absolute atomic E-state index is 0.0208. The molecule has 1 aromatic heterocycles. The fourth-order valence-electron chi connectivity index (χ4n) is 4.17. The Hall–Kier alpha value is -2.80. The molecule has 0 atom stereocenters. The molecule has 0 N–H and O–H groups in total. The summed E-state index contributed by atoms with van der Waals surface area (Å²) in [6.07, 6.45) is 2.62. The Morgan fingerprint density at radius 2 is 1.78 bits per heavy atom. The highest BCUT2D eigenvalue weighted by molar-refractivity contribution is 6.31. The van der Waals surface area contributed by atoms with E-state index in [1.165, 1.54) is 0 Å². The van der Waals surface area contributed by atoms with Gasteiger partial charge in [0.25, 0.3) is 5.91 Å². The first-order valence-electron chi connectivity index (χ1n) is 12.5. The van der Waals surface area contributed by atoms with Gasteiger partial charge in [-0.3, -0.25) is 9.59 Å². The van der Waals surface area contributed by atoms with Crippen molar-refractivity contribution in [2.75, 3.05) is 33.4 Å². The molecule has 0 saturated carbocycles. The summed E-state index contributed by atoms with van der Waals surface area (Å²) < 4.78 is 7.28. The summed E-state index contributed by atoms with van der Waals surface area (Å²) in [5.41, 5.74) is 2.47. The third kappa shape index (κ3) is 8.63. The van der Waals surface area contributed by atoms with Crippen LogP contribution in [0.25, 0.3) is 0 Å². The fraction of sp³-hybridized carbons (Fsp3) is 0.379. The standard InChI is InChI=1S/C29H35Cl2N3O3/c1-22(2)18-34(20-26-12-7-14-32(26)19-24-9-4-5-13-27(24)31)28(35)21-33(15-8-16-37-3)29(36)23-10-6-11-25(30)17-23/h4-7,9-14,17,22H,8,15-16,18-21H2,1-3H3. The molecule has 37 heavy (non-hydrogen) atoms. The number of carbonyl (C=O) groups is 2. The van der Waals surface area contributed by atoms with E-state index < -0.39 is 0 Å². The summed E-state index contributed by atoms with van der Waals surface area (Å²) in [6, 6.07) is 18.6. The van der Waals surface area contributed by atoms with Crippen LogP contribution in [0.4, 0.5) is 0 Å². The van der Waals surface area contributed by atoms with Crippen LogP contribution in [0.2, 0.25) is 10.0 Å². The summed E-state index contributed by atoms with van der Waals surface area (Å²) in [6.45, 7) is 6.67. The Balaban J connectivity index is 1.79. The van der Waals surface area contributed by atoms with E-state index in [2.05, 4.69) is 18.4 Å². The van der Waals surface area contributed by atoms with E-state index in [0.717, 1.165) is 11.3 Å². The van der Waals surface area contributed by atoms with Gasteiger partial charge in [-0.15, -0.1) is 0 Å². The zero-order valence-corrected chi connectivity index (χ0v) is 23.2. The molecule has 0 aliphatic rings. The summed E-state index contributed by atoms with van der Waals surface area (Å²) in [7, 11) is 1.62. The molecule has 0 fully saturated rings. The van der Waals surface area contributed by atoms with Gasteiger partial charge in [-0.1, -0.05) is 61.3 Å². The molecule has 3 rings (SSSR count). The lowest BCUT2D eigenvalue weighted by atomic mass is 10.1. The lowest BCUT2D eigenvalue weighted by Crippen LogP contribution is -2.44. The van der Waals surface area contributed by atoms with Gasteiger partial charge in [0.2, 0.25) is 5.91 Å². The lowest BCUT2D eigenvalue weighted by molar-refractivity contribution is -0.133. The highest BCUT2D eigenvalue weighted by Crippen LogP contribution is 2.19. The van der Waals surface area contributed by atoms with Crippen LogP contribution in [0, 0.1) is 5.92 Å². The molecule has 8 heteroatoms. The number of methoxy groups -OCH3 is 1. The first-order chi connectivity index (χ1) is 17.8. The minimum Gasteiger partial charge on any atom is -0.385 e. The highest BCUT2D eigenvalue weighted by Gasteiger charge is 2.24. The average molecular weight is 545 g/mol. The topological polar surface area (TPSA) is 54.8 Å². The number of carbonyl (C=O) groups excluding carboxylic acids is 2. The van der Waals surface area contributed by atoms with Crippen LogP contribution < -0.4 is 0 Å². The first kappa shape index (κ1) is 28.8. The van der Waals surface area contributed by atoms with Crippen molar-refractivity contribution < 1.29 is 14.3 Å². The Kier molecular flexibility index (Phi) is 11.1. The third-order valence-electron chi connectivity index (χ3n) is 5.97. The number of benzene rings is 2. The summed E-state index contributed by atoms with van der Waals surface area (Å²) in [5, 5.41) is 1.19. The van der Waals surface area contributed by atoms with E-state index in [-0.39, 0.29) is 24.3 Å². The zero-order chi connectivity index (χ0) is 26.8. The van der Waals surface area contributed by atoms with Crippen molar-refractivity contribution in [1.82, 2.24) is 14.4 Å². The summed E-state index contributed by atoms with van der Waals surface area (Å²) in [5.74, 6) is -0.0629. The third-order valence-corrected chi connectivity index (χ3v) is 6.58. The predicted octanol–water partition coefficient (Wildman–Crippen LogP) is 6.01. The number of nitrogens with zero attached hydrogens (tertiary/aromatic N) is 3. The fourth-order valence-corrected chi connectivity index (χ4v) is 4.55. The van der Waals surface area contributed by atoms with Gasteiger partial charge in [0, 0.05) is 60.9 Å². The molecule has 0 radical (unpaired) electrons. The van der Waals surface area contributed by atoms with Crippen molar-refractivity contribution in [2.24, 2.45) is 5.92 Å². The van der Waals surface area contributed by atoms with Gasteiger partial charge in [-0.2, -0.15) is 0 Å². The van der Waals surface area contributed by atoms with E-state index >= 15 is 0 Å². The summed E-state index contributed by atoms with van der Waals surface area (Å²) >= 11 is 12.5. The van der Waals surface area contributed by atoms with Crippen molar-refractivity contribution >= 4 is 35.0 Å². The van der Waals surface area contributed by atoms with Crippen LogP contribution >= 0.6 is 23.2 Å². The van der Waals surface area contributed by atoms with E-state index in [9.17, 15) is 9.59 Å². The van der Waals surface area contributed by atoms with Gasteiger partial charge >= 0.3 is 0 Å². The van der Waals surface area contributed by atoms with Crippen LogP contribution in [0.15, 0.2) is 66.9 Å². The Labute approximate surface area is 229 Å². The number of amides is 2. The molecule has 3 aromatic rings. The molecule has 6 nitrogen and oxygen atoms in total. The Bertz CT molecular complexity index is 1180. The quantitative estimate of drug-likeness (QED) is 0.248.